The highest BCUT2D eigenvalue weighted by Crippen LogP contribution is 2.47. The molecule has 132 valence electrons. The molecule has 0 bridgehead atoms. The Morgan fingerprint density at radius 3 is 1.50 bits per heavy atom. The number of hydrogen-bond donors (Lipinski definition) is 1. The lowest BCUT2D eigenvalue weighted by molar-refractivity contribution is -0.504. The molecule has 0 saturated heterocycles. The van der Waals surface area contributed by atoms with E-state index in [9.17, 15) is 52.7 Å². The molecule has 0 aromatic rings. The van der Waals surface area contributed by atoms with Crippen LogP contribution >= 0.6 is 0 Å². The minimum atomic E-state index is -6.82. The fourth-order valence-corrected chi connectivity index (χ4v) is 0.698. The lowest BCUT2D eigenvalue weighted by atomic mass is 10.3. The summed E-state index contributed by atoms with van der Waals surface area (Å²) in [6.07, 6.45) is -28.9. The second-order valence-corrected chi connectivity index (χ2v) is 3.25. The van der Waals surface area contributed by atoms with Gasteiger partial charge in [-0.15, -0.1) is 0 Å². The molecule has 0 aromatic heterocycles. The zero-order valence-corrected chi connectivity index (χ0v) is 9.38. The van der Waals surface area contributed by atoms with Crippen LogP contribution in [0.15, 0.2) is 12.1 Å². The predicted octanol–water partition coefficient (Wildman–Crippen LogP) is 3.76. The molecular weight excluding hydrogens is 360 g/mol. The maximum Gasteiger partial charge on any atom is 0.495 e. The topological polar surface area (TPSA) is 38.7 Å². The number of aliphatic hydroxyl groups is 1. The van der Waals surface area contributed by atoms with Crippen molar-refractivity contribution in [2.24, 2.45) is 0 Å². The van der Waals surface area contributed by atoms with E-state index in [4.69, 9.17) is 5.11 Å². The third kappa shape index (κ3) is 4.08. The molecule has 0 rings (SSSR count). The van der Waals surface area contributed by atoms with Crippen molar-refractivity contribution in [3.05, 3.63) is 12.1 Å². The van der Waals surface area contributed by atoms with Crippen LogP contribution in [-0.2, 0) is 9.47 Å². The van der Waals surface area contributed by atoms with Gasteiger partial charge < -0.3 is 9.84 Å². The number of rotatable bonds is 6. The van der Waals surface area contributed by atoms with E-state index in [0.717, 1.165) is 0 Å². The fourth-order valence-electron chi connectivity index (χ4n) is 0.698. The third-order valence-corrected chi connectivity index (χ3v) is 1.67. The number of aliphatic hydroxyl groups excluding tert-OH is 1. The van der Waals surface area contributed by atoms with Gasteiger partial charge in [-0.25, -0.2) is 4.39 Å². The van der Waals surface area contributed by atoms with E-state index in [2.05, 4.69) is 0 Å². The minimum Gasteiger partial charge on any atom is -0.396 e. The molecule has 0 fully saturated rings. The van der Waals surface area contributed by atoms with Crippen molar-refractivity contribution in [1.29, 1.82) is 0 Å². The normalized spacial score (nSPS) is 17.7. The molecular formula is C7H2F12O3. The molecule has 0 radical (unpaired) electrons. The van der Waals surface area contributed by atoms with Gasteiger partial charge in [-0.1, -0.05) is 0 Å². The van der Waals surface area contributed by atoms with Gasteiger partial charge in [-0.05, 0) is 0 Å². The van der Waals surface area contributed by atoms with Gasteiger partial charge >= 0.3 is 36.3 Å². The summed E-state index contributed by atoms with van der Waals surface area (Å²) in [7, 11) is 0. The van der Waals surface area contributed by atoms with Gasteiger partial charge in [0, 0.05) is 0 Å². The lowest BCUT2D eigenvalue weighted by Gasteiger charge is -2.33. The van der Waals surface area contributed by atoms with Crippen molar-refractivity contribution < 1.29 is 67.3 Å². The summed E-state index contributed by atoms with van der Waals surface area (Å²) in [6.45, 7) is 0. The molecule has 3 nitrogen and oxygen atoms in total. The van der Waals surface area contributed by atoms with Gasteiger partial charge in [0.15, 0.2) is 0 Å². The Morgan fingerprint density at radius 2 is 1.23 bits per heavy atom. The molecule has 0 saturated carbocycles. The monoisotopic (exact) mass is 362 g/mol. The quantitative estimate of drug-likeness (QED) is 0.578. The first-order valence-corrected chi connectivity index (χ1v) is 4.41. The Balaban J connectivity index is 5.60. The fraction of sp³-hybridized carbons (Fsp3) is 0.714. The summed E-state index contributed by atoms with van der Waals surface area (Å²) >= 11 is 0. The van der Waals surface area contributed by atoms with Crippen molar-refractivity contribution in [3.8, 4) is 0 Å². The van der Waals surface area contributed by atoms with Crippen molar-refractivity contribution in [2.45, 2.75) is 30.6 Å². The Labute approximate surface area is 111 Å². The summed E-state index contributed by atoms with van der Waals surface area (Å²) in [5, 5.41) is 7.80. The summed E-state index contributed by atoms with van der Waals surface area (Å²) in [5.41, 5.74) is 0. The number of ether oxygens (including phenoxy) is 2. The van der Waals surface area contributed by atoms with Crippen molar-refractivity contribution in [1.82, 2.24) is 0 Å². The largest absolute Gasteiger partial charge is 0.495 e. The van der Waals surface area contributed by atoms with Crippen LogP contribution in [0.25, 0.3) is 0 Å². The first-order chi connectivity index (χ1) is 9.48. The van der Waals surface area contributed by atoms with Crippen LogP contribution in [0, 0.1) is 0 Å². The highest BCUT2D eigenvalue weighted by Gasteiger charge is 2.74. The predicted molar refractivity (Wildman–Crippen MR) is 39.4 cm³/mol. The second kappa shape index (κ2) is 6.02. The van der Waals surface area contributed by atoms with E-state index < -0.39 is 42.7 Å². The number of alkyl halides is 9. The van der Waals surface area contributed by atoms with Crippen molar-refractivity contribution >= 4 is 0 Å². The Kier molecular flexibility index (Phi) is 5.64. The molecule has 0 spiro atoms. The van der Waals surface area contributed by atoms with Crippen LogP contribution in [0.4, 0.5) is 52.7 Å². The van der Waals surface area contributed by atoms with E-state index in [-0.39, 0.29) is 0 Å². The average Bonchev–Trinajstić information content (AvgIpc) is 2.25. The highest BCUT2D eigenvalue weighted by molar-refractivity contribution is 4.87. The summed E-state index contributed by atoms with van der Waals surface area (Å²) < 4.78 is 150. The van der Waals surface area contributed by atoms with Gasteiger partial charge in [0.25, 0.3) is 6.36 Å². The molecule has 0 aliphatic carbocycles. The Hall–Kier alpha value is -1.38. The zero-order valence-electron chi connectivity index (χ0n) is 9.38. The van der Waals surface area contributed by atoms with Gasteiger partial charge in [-0.2, -0.15) is 48.3 Å². The molecule has 15 heteroatoms. The van der Waals surface area contributed by atoms with Gasteiger partial charge in [0.05, 0.1) is 0 Å². The van der Waals surface area contributed by atoms with Gasteiger partial charge in [-0.3, -0.25) is 4.74 Å². The van der Waals surface area contributed by atoms with Crippen LogP contribution in [0.5, 0.6) is 0 Å². The molecule has 0 aromatic carbocycles. The maximum absolute atomic E-state index is 12.8. The van der Waals surface area contributed by atoms with Crippen molar-refractivity contribution in [3.63, 3.8) is 0 Å². The van der Waals surface area contributed by atoms with Gasteiger partial charge in [0.1, 0.15) is 0 Å². The van der Waals surface area contributed by atoms with E-state index in [0.29, 0.717) is 0 Å². The molecule has 2 unspecified atom stereocenters. The van der Waals surface area contributed by atoms with Crippen LogP contribution in [-0.4, -0.2) is 35.7 Å². The van der Waals surface area contributed by atoms with E-state index >= 15 is 0 Å². The first kappa shape index (κ1) is 20.6. The Bertz CT molecular complexity index is 425. The molecule has 0 aliphatic heterocycles. The number of halogens is 12. The van der Waals surface area contributed by atoms with E-state index in [1.807, 2.05) is 9.47 Å². The number of hydrogen-bond acceptors (Lipinski definition) is 3. The average molecular weight is 362 g/mol. The molecule has 0 heterocycles. The molecule has 0 aliphatic rings. The molecule has 2 atom stereocenters. The smallest absolute Gasteiger partial charge is 0.396 e. The summed E-state index contributed by atoms with van der Waals surface area (Å²) in [5.74, 6) is -6.39. The summed E-state index contributed by atoms with van der Waals surface area (Å²) in [6, 6.07) is -3.65. The third-order valence-electron chi connectivity index (χ3n) is 1.67. The van der Waals surface area contributed by atoms with Crippen LogP contribution in [0.1, 0.15) is 0 Å². The maximum atomic E-state index is 12.8. The zero-order chi connectivity index (χ0) is 18.1. The second-order valence-electron chi connectivity index (χ2n) is 3.25. The lowest BCUT2D eigenvalue weighted by Crippen LogP contribution is -2.59. The van der Waals surface area contributed by atoms with E-state index in [1.54, 1.807) is 0 Å². The molecule has 0 amide bonds. The highest BCUT2D eigenvalue weighted by atomic mass is 19.4. The summed E-state index contributed by atoms with van der Waals surface area (Å²) in [4.78, 5) is 0. The van der Waals surface area contributed by atoms with Crippen LogP contribution in [0.2, 0.25) is 0 Å². The van der Waals surface area contributed by atoms with Gasteiger partial charge in [0.2, 0.25) is 0 Å². The van der Waals surface area contributed by atoms with Crippen molar-refractivity contribution in [2.75, 3.05) is 0 Å². The van der Waals surface area contributed by atoms with Crippen LogP contribution < -0.4 is 0 Å². The standard InChI is InChI=1S/C7H2F12O3/c8-1(9)2(10)21-6(16,17)7(18,19)22-4(12,3(11)20)5(13,14)15/h3,20H. The SMILES string of the molecule is OC(F)C(F)(OC(F)(F)C(F)(F)OC(F)=C(F)F)C(F)(F)F. The minimum absolute atomic E-state index is 1.84. The molecule has 1 N–H and O–H groups in total. The molecule has 22 heavy (non-hydrogen) atoms. The first-order valence-electron chi connectivity index (χ1n) is 4.41. The van der Waals surface area contributed by atoms with E-state index in [1.165, 1.54) is 0 Å². The Morgan fingerprint density at radius 1 is 0.818 bits per heavy atom. The van der Waals surface area contributed by atoms with Crippen LogP contribution in [0.3, 0.4) is 0 Å².